The van der Waals surface area contributed by atoms with Gasteiger partial charge in [0.1, 0.15) is 5.82 Å². The lowest BCUT2D eigenvalue weighted by molar-refractivity contribution is 0.122. The van der Waals surface area contributed by atoms with E-state index in [1.807, 2.05) is 0 Å². The van der Waals surface area contributed by atoms with Crippen LogP contribution in [0.15, 0.2) is 18.2 Å². The molecule has 0 aliphatic heterocycles. The molecule has 1 rings (SSSR count). The lowest BCUT2D eigenvalue weighted by Gasteiger charge is -2.22. The zero-order valence-corrected chi connectivity index (χ0v) is 9.84. The molecule has 0 saturated carbocycles. The van der Waals surface area contributed by atoms with Crippen LogP contribution in [-0.4, -0.2) is 5.11 Å². The molecular formula is C13H19FO. The van der Waals surface area contributed by atoms with E-state index in [9.17, 15) is 9.50 Å². The molecule has 1 N–H and O–H groups in total. The summed E-state index contributed by atoms with van der Waals surface area (Å²) < 4.78 is 13.3. The summed E-state index contributed by atoms with van der Waals surface area (Å²) in [6.45, 7) is 7.89. The van der Waals surface area contributed by atoms with E-state index in [2.05, 4.69) is 20.8 Å². The number of hydrogen-bond donors (Lipinski definition) is 1. The molecule has 0 spiro atoms. The Balaban J connectivity index is 2.83. The van der Waals surface area contributed by atoms with Crippen molar-refractivity contribution >= 4 is 0 Å². The van der Waals surface area contributed by atoms with E-state index >= 15 is 0 Å². The van der Waals surface area contributed by atoms with E-state index < -0.39 is 6.10 Å². The lowest BCUT2D eigenvalue weighted by atomic mass is 9.87. The molecule has 0 aliphatic rings. The maximum atomic E-state index is 13.3. The van der Waals surface area contributed by atoms with Gasteiger partial charge in [-0.1, -0.05) is 32.9 Å². The maximum Gasteiger partial charge on any atom is 0.126 e. The third kappa shape index (κ3) is 3.63. The predicted octanol–water partition coefficient (Wildman–Crippen LogP) is 3.60. The minimum atomic E-state index is -0.583. The molecule has 0 aliphatic carbocycles. The van der Waals surface area contributed by atoms with Gasteiger partial charge in [0.2, 0.25) is 0 Å². The zero-order chi connectivity index (χ0) is 11.6. The third-order valence-corrected chi connectivity index (χ3v) is 2.39. The van der Waals surface area contributed by atoms with E-state index in [-0.39, 0.29) is 11.2 Å². The largest absolute Gasteiger partial charge is 0.388 e. The fraction of sp³-hybridized carbons (Fsp3) is 0.538. The summed E-state index contributed by atoms with van der Waals surface area (Å²) in [5, 5.41) is 9.90. The van der Waals surface area contributed by atoms with E-state index in [1.165, 1.54) is 6.07 Å². The first kappa shape index (κ1) is 12.2. The van der Waals surface area contributed by atoms with Crippen molar-refractivity contribution in [3.05, 3.63) is 35.1 Å². The fourth-order valence-corrected chi connectivity index (χ4v) is 1.51. The molecule has 1 aromatic carbocycles. The molecule has 84 valence electrons. The summed E-state index contributed by atoms with van der Waals surface area (Å²) in [6.07, 6.45) is 0.0512. The monoisotopic (exact) mass is 210 g/mol. The van der Waals surface area contributed by atoms with Gasteiger partial charge >= 0.3 is 0 Å². The van der Waals surface area contributed by atoms with Gasteiger partial charge in [0, 0.05) is 0 Å². The molecule has 1 unspecified atom stereocenters. The van der Waals surface area contributed by atoms with Gasteiger partial charge in [-0.15, -0.1) is 0 Å². The first-order valence-electron chi connectivity index (χ1n) is 5.24. The summed E-state index contributed by atoms with van der Waals surface area (Å²) in [4.78, 5) is 0. The first-order chi connectivity index (χ1) is 6.79. The Labute approximate surface area is 90.9 Å². The number of aliphatic hydroxyl groups is 1. The predicted molar refractivity (Wildman–Crippen MR) is 60.2 cm³/mol. The summed E-state index contributed by atoms with van der Waals surface area (Å²) >= 11 is 0. The van der Waals surface area contributed by atoms with Crippen LogP contribution in [0, 0.1) is 18.2 Å². The van der Waals surface area contributed by atoms with Crippen molar-refractivity contribution in [3.8, 4) is 0 Å². The first-order valence-corrected chi connectivity index (χ1v) is 5.24. The van der Waals surface area contributed by atoms with Gasteiger partial charge in [-0.25, -0.2) is 4.39 Å². The molecule has 0 aromatic heterocycles. The second-order valence-corrected chi connectivity index (χ2v) is 5.29. The second-order valence-electron chi connectivity index (χ2n) is 5.29. The standard InChI is InChI=1S/C13H19FO/c1-9-5-6-10(7-11(9)14)12(15)8-13(2,3)4/h5-7,12,15H,8H2,1-4H3. The topological polar surface area (TPSA) is 20.2 Å². The summed E-state index contributed by atoms with van der Waals surface area (Å²) in [7, 11) is 0. The average molecular weight is 210 g/mol. The highest BCUT2D eigenvalue weighted by Crippen LogP contribution is 2.29. The van der Waals surface area contributed by atoms with Crippen molar-refractivity contribution in [2.45, 2.75) is 40.2 Å². The molecule has 2 heteroatoms. The van der Waals surface area contributed by atoms with Crippen LogP contribution in [0.1, 0.15) is 44.4 Å². The van der Waals surface area contributed by atoms with Crippen LogP contribution in [0.2, 0.25) is 0 Å². The molecule has 15 heavy (non-hydrogen) atoms. The summed E-state index contributed by atoms with van der Waals surface area (Å²) in [5.41, 5.74) is 1.32. The molecule has 1 nitrogen and oxygen atoms in total. The van der Waals surface area contributed by atoms with Crippen molar-refractivity contribution < 1.29 is 9.50 Å². The minimum absolute atomic E-state index is 0.0424. The number of aliphatic hydroxyl groups excluding tert-OH is 1. The van der Waals surface area contributed by atoms with Crippen molar-refractivity contribution in [1.29, 1.82) is 0 Å². The van der Waals surface area contributed by atoms with Crippen molar-refractivity contribution in [2.75, 3.05) is 0 Å². The Hall–Kier alpha value is -0.890. The van der Waals surface area contributed by atoms with Crippen LogP contribution in [0.4, 0.5) is 4.39 Å². The molecule has 1 atom stereocenters. The van der Waals surface area contributed by atoms with Crippen LogP contribution >= 0.6 is 0 Å². The Morgan fingerprint density at radius 2 is 1.93 bits per heavy atom. The number of benzene rings is 1. The molecule has 1 aromatic rings. The summed E-state index contributed by atoms with van der Waals surface area (Å²) in [5.74, 6) is -0.250. The Morgan fingerprint density at radius 1 is 1.33 bits per heavy atom. The number of halogens is 1. The number of hydrogen-bond acceptors (Lipinski definition) is 1. The van der Waals surface area contributed by atoms with Crippen LogP contribution in [-0.2, 0) is 0 Å². The van der Waals surface area contributed by atoms with Crippen LogP contribution in [0.5, 0.6) is 0 Å². The Kier molecular flexibility index (Phi) is 3.50. The fourth-order valence-electron chi connectivity index (χ4n) is 1.51. The third-order valence-electron chi connectivity index (χ3n) is 2.39. The zero-order valence-electron chi connectivity index (χ0n) is 9.84. The molecule has 0 amide bonds. The Bertz CT molecular complexity index is 339. The smallest absolute Gasteiger partial charge is 0.126 e. The summed E-state index contributed by atoms with van der Waals surface area (Å²) in [6, 6.07) is 4.91. The van der Waals surface area contributed by atoms with Gasteiger partial charge in [0.25, 0.3) is 0 Å². The van der Waals surface area contributed by atoms with E-state index in [0.717, 1.165) is 0 Å². The minimum Gasteiger partial charge on any atom is -0.388 e. The molecular weight excluding hydrogens is 191 g/mol. The quantitative estimate of drug-likeness (QED) is 0.790. The molecule has 0 heterocycles. The average Bonchev–Trinajstić information content (AvgIpc) is 2.06. The SMILES string of the molecule is Cc1ccc(C(O)CC(C)(C)C)cc1F. The van der Waals surface area contributed by atoms with Crippen molar-refractivity contribution in [1.82, 2.24) is 0 Å². The van der Waals surface area contributed by atoms with Crippen molar-refractivity contribution in [2.24, 2.45) is 5.41 Å². The van der Waals surface area contributed by atoms with Gasteiger partial charge in [0.05, 0.1) is 6.10 Å². The van der Waals surface area contributed by atoms with Gasteiger partial charge in [0.15, 0.2) is 0 Å². The molecule has 0 saturated heterocycles. The van der Waals surface area contributed by atoms with Gasteiger partial charge in [-0.05, 0) is 36.0 Å². The maximum absolute atomic E-state index is 13.3. The van der Waals surface area contributed by atoms with E-state index in [1.54, 1.807) is 19.1 Å². The Morgan fingerprint density at radius 3 is 2.40 bits per heavy atom. The molecule has 0 fully saturated rings. The highest BCUT2D eigenvalue weighted by Gasteiger charge is 2.18. The normalized spacial score (nSPS) is 14.0. The lowest BCUT2D eigenvalue weighted by Crippen LogP contribution is -2.11. The van der Waals surface area contributed by atoms with E-state index in [0.29, 0.717) is 17.5 Å². The van der Waals surface area contributed by atoms with E-state index in [4.69, 9.17) is 0 Å². The highest BCUT2D eigenvalue weighted by molar-refractivity contribution is 5.25. The van der Waals surface area contributed by atoms with Crippen LogP contribution in [0.25, 0.3) is 0 Å². The molecule has 0 radical (unpaired) electrons. The number of aryl methyl sites for hydroxylation is 1. The second kappa shape index (κ2) is 4.31. The van der Waals surface area contributed by atoms with Crippen LogP contribution < -0.4 is 0 Å². The van der Waals surface area contributed by atoms with Gasteiger partial charge < -0.3 is 5.11 Å². The molecule has 0 bridgehead atoms. The van der Waals surface area contributed by atoms with Crippen LogP contribution in [0.3, 0.4) is 0 Å². The van der Waals surface area contributed by atoms with Crippen molar-refractivity contribution in [3.63, 3.8) is 0 Å². The van der Waals surface area contributed by atoms with Gasteiger partial charge in [-0.3, -0.25) is 0 Å². The number of rotatable bonds is 2. The van der Waals surface area contributed by atoms with Gasteiger partial charge in [-0.2, -0.15) is 0 Å². The highest BCUT2D eigenvalue weighted by atomic mass is 19.1.